The molecule has 2 aromatic heterocycles. The average molecular weight is 502 g/mol. The van der Waals surface area contributed by atoms with Gasteiger partial charge in [-0.1, -0.05) is 24.1 Å². The number of ether oxygens (including phenoxy) is 1. The van der Waals surface area contributed by atoms with Crippen molar-refractivity contribution in [1.82, 2.24) is 14.9 Å². The molecule has 0 atom stereocenters. The summed E-state index contributed by atoms with van der Waals surface area (Å²) >= 11 is 0. The summed E-state index contributed by atoms with van der Waals surface area (Å²) in [6.45, 7) is 1.43. The molecular formula is C27H20FN3O4S. The van der Waals surface area contributed by atoms with Crippen LogP contribution in [0.4, 0.5) is 3.89 Å². The third-order valence-electron chi connectivity index (χ3n) is 6.79. The zero-order valence-electron chi connectivity index (χ0n) is 19.1. The van der Waals surface area contributed by atoms with Crippen LogP contribution in [0.5, 0.6) is 5.75 Å². The van der Waals surface area contributed by atoms with Gasteiger partial charge < -0.3 is 19.6 Å². The number of nitrogens with one attached hydrogen (secondary N) is 2. The van der Waals surface area contributed by atoms with Crippen molar-refractivity contribution in [2.45, 2.75) is 10.9 Å². The molecule has 0 aliphatic carbocycles. The van der Waals surface area contributed by atoms with Crippen molar-refractivity contribution in [2.75, 3.05) is 20.2 Å². The summed E-state index contributed by atoms with van der Waals surface area (Å²) in [6.07, 6.45) is 5.58. The number of methoxy groups -OCH3 is 1. The Morgan fingerprint density at radius 3 is 2.58 bits per heavy atom. The lowest BCUT2D eigenvalue weighted by Crippen LogP contribution is -2.44. The lowest BCUT2D eigenvalue weighted by atomic mass is 9.99. The molecule has 6 rings (SSSR count). The molecule has 5 aromatic rings. The number of rotatable bonds is 4. The highest BCUT2D eigenvalue weighted by molar-refractivity contribution is 7.86. The third kappa shape index (κ3) is 3.30. The third-order valence-corrected chi connectivity index (χ3v) is 7.60. The molecule has 1 fully saturated rings. The van der Waals surface area contributed by atoms with Crippen molar-refractivity contribution in [2.24, 2.45) is 0 Å². The Morgan fingerprint density at radius 2 is 1.92 bits per heavy atom. The number of halogens is 1. The molecule has 3 aromatic carbocycles. The second-order valence-electron chi connectivity index (χ2n) is 8.80. The first-order chi connectivity index (χ1) is 17.3. The molecule has 0 radical (unpaired) electrons. The van der Waals surface area contributed by atoms with Gasteiger partial charge in [0.25, 0.3) is 0 Å². The fourth-order valence-electron chi connectivity index (χ4n) is 4.93. The summed E-state index contributed by atoms with van der Waals surface area (Å²) < 4.78 is 44.5. The minimum Gasteiger partial charge on any atom is -0.496 e. The van der Waals surface area contributed by atoms with Crippen molar-refractivity contribution in [3.63, 3.8) is 0 Å². The van der Waals surface area contributed by atoms with Crippen molar-refractivity contribution < 1.29 is 17.0 Å². The van der Waals surface area contributed by atoms with Gasteiger partial charge in [0.05, 0.1) is 34.3 Å². The van der Waals surface area contributed by atoms with Crippen LogP contribution in [0.25, 0.3) is 44.0 Å². The van der Waals surface area contributed by atoms with Crippen LogP contribution in [0.15, 0.2) is 64.3 Å². The predicted octanol–water partition coefficient (Wildman–Crippen LogP) is 4.10. The first kappa shape index (κ1) is 22.3. The minimum atomic E-state index is -4.89. The van der Waals surface area contributed by atoms with E-state index in [0.717, 1.165) is 24.0 Å². The van der Waals surface area contributed by atoms with Gasteiger partial charge in [-0.3, -0.25) is 4.79 Å². The molecule has 0 spiro atoms. The first-order valence-corrected chi connectivity index (χ1v) is 12.6. The van der Waals surface area contributed by atoms with Gasteiger partial charge in [0.2, 0.25) is 0 Å². The highest BCUT2D eigenvalue weighted by atomic mass is 32.3. The summed E-state index contributed by atoms with van der Waals surface area (Å²) in [6, 6.07) is 14.7. The van der Waals surface area contributed by atoms with Crippen LogP contribution in [-0.2, 0) is 10.2 Å². The van der Waals surface area contributed by atoms with Crippen LogP contribution in [-0.4, -0.2) is 38.2 Å². The Morgan fingerprint density at radius 1 is 1.11 bits per heavy atom. The van der Waals surface area contributed by atoms with Crippen molar-refractivity contribution in [3.8, 4) is 29.2 Å². The van der Waals surface area contributed by atoms with E-state index >= 15 is 0 Å². The molecular weight excluding hydrogens is 481 g/mol. The number of pyridine rings is 1. The molecule has 0 saturated carbocycles. The van der Waals surface area contributed by atoms with E-state index in [1.165, 1.54) is 25.3 Å². The predicted molar refractivity (Wildman–Crippen MR) is 138 cm³/mol. The second kappa shape index (κ2) is 7.95. The summed E-state index contributed by atoms with van der Waals surface area (Å²) in [4.78, 5) is 16.8. The van der Waals surface area contributed by atoms with E-state index in [2.05, 4.69) is 20.8 Å². The Bertz CT molecular complexity index is 1930. The maximum atomic E-state index is 13.8. The number of hydrogen-bond donors (Lipinski definition) is 2. The summed E-state index contributed by atoms with van der Waals surface area (Å²) in [5.41, 5.74) is 3.64. The van der Waals surface area contributed by atoms with Gasteiger partial charge in [-0.05, 0) is 42.0 Å². The van der Waals surface area contributed by atoms with E-state index < -0.39 is 15.1 Å². The topological polar surface area (TPSA) is 93.2 Å². The van der Waals surface area contributed by atoms with Gasteiger partial charge in [-0.2, -0.15) is 8.42 Å². The fourth-order valence-corrected chi connectivity index (χ4v) is 5.44. The van der Waals surface area contributed by atoms with E-state index in [0.29, 0.717) is 44.4 Å². The first-order valence-electron chi connectivity index (χ1n) is 11.2. The Kier molecular flexibility index (Phi) is 4.93. The van der Waals surface area contributed by atoms with Crippen molar-refractivity contribution >= 4 is 43.1 Å². The molecule has 180 valence electrons. The number of nitrogens with zero attached hydrogens (tertiary/aromatic N) is 1. The smallest absolute Gasteiger partial charge is 0.332 e. The van der Waals surface area contributed by atoms with Crippen LogP contribution >= 0.6 is 0 Å². The number of aromatic nitrogens is 2. The van der Waals surface area contributed by atoms with Gasteiger partial charge in [-0.15, -0.1) is 10.3 Å². The molecule has 36 heavy (non-hydrogen) atoms. The number of fused-ring (bicyclic) bond motifs is 4. The van der Waals surface area contributed by atoms with Crippen LogP contribution in [0.1, 0.15) is 11.6 Å². The zero-order chi connectivity index (χ0) is 25.2. The monoisotopic (exact) mass is 501 g/mol. The second-order valence-corrected chi connectivity index (χ2v) is 10.1. The van der Waals surface area contributed by atoms with Gasteiger partial charge in [-0.25, -0.2) is 0 Å². The number of benzene rings is 3. The number of aromatic amines is 1. The van der Waals surface area contributed by atoms with Crippen LogP contribution in [0.2, 0.25) is 0 Å². The maximum Gasteiger partial charge on any atom is 0.332 e. The minimum absolute atomic E-state index is 0.0783. The molecule has 0 bridgehead atoms. The molecule has 1 saturated heterocycles. The van der Waals surface area contributed by atoms with Crippen molar-refractivity contribution in [3.05, 3.63) is 70.4 Å². The molecule has 2 N–H and O–H groups in total. The molecule has 1 aliphatic rings. The fraction of sp³-hybridized carbons (Fsp3) is 0.148. The Labute approximate surface area is 205 Å². The summed E-state index contributed by atoms with van der Waals surface area (Å²) in [5.74, 6) is 3.00. The largest absolute Gasteiger partial charge is 0.496 e. The molecule has 7 nitrogen and oxygen atoms in total. The van der Waals surface area contributed by atoms with E-state index in [-0.39, 0.29) is 11.5 Å². The van der Waals surface area contributed by atoms with E-state index in [1.807, 2.05) is 18.2 Å². The SMILES string of the molecule is C#Cc1ccc2c(c1)[nH]c1c2c(=O)c2cc(OC)c(-c3cccc(S(=O)(=O)F)c3)cc2n1C1CNC1. The molecule has 0 unspecified atom stereocenters. The quantitative estimate of drug-likeness (QED) is 0.286. The van der Waals surface area contributed by atoms with Gasteiger partial charge in [0, 0.05) is 35.1 Å². The number of terminal acetylenes is 1. The highest BCUT2D eigenvalue weighted by Gasteiger charge is 2.26. The van der Waals surface area contributed by atoms with E-state index in [4.69, 9.17) is 11.2 Å². The lowest BCUT2D eigenvalue weighted by Gasteiger charge is -2.32. The van der Waals surface area contributed by atoms with Gasteiger partial charge in [0.1, 0.15) is 11.4 Å². The van der Waals surface area contributed by atoms with Gasteiger partial charge >= 0.3 is 10.2 Å². The molecule has 1 aliphatic heterocycles. The molecule has 3 heterocycles. The van der Waals surface area contributed by atoms with E-state index in [9.17, 15) is 17.1 Å². The summed E-state index contributed by atoms with van der Waals surface area (Å²) in [7, 11) is -3.42. The number of H-pyrrole nitrogens is 1. The van der Waals surface area contributed by atoms with Crippen LogP contribution in [0.3, 0.4) is 0 Å². The normalized spacial score (nSPS) is 14.2. The molecule has 0 amide bonds. The average Bonchev–Trinajstić information content (AvgIpc) is 3.22. The van der Waals surface area contributed by atoms with Crippen LogP contribution in [0, 0.1) is 12.3 Å². The van der Waals surface area contributed by atoms with Crippen LogP contribution < -0.4 is 15.5 Å². The highest BCUT2D eigenvalue weighted by Crippen LogP contribution is 2.38. The lowest BCUT2D eigenvalue weighted by molar-refractivity contribution is 0.357. The van der Waals surface area contributed by atoms with Crippen molar-refractivity contribution in [1.29, 1.82) is 0 Å². The zero-order valence-corrected chi connectivity index (χ0v) is 19.9. The summed E-state index contributed by atoms with van der Waals surface area (Å²) in [5, 5.41) is 5.08. The van der Waals surface area contributed by atoms with E-state index in [1.54, 1.807) is 18.2 Å². The number of hydrogen-bond acceptors (Lipinski definition) is 5. The van der Waals surface area contributed by atoms with Gasteiger partial charge in [0.15, 0.2) is 5.43 Å². The molecule has 9 heteroatoms. The Hall–Kier alpha value is -4.13. The Balaban J connectivity index is 1.74. The standard InChI is InChI=1S/C27H20FN3O4S/c1-3-15-7-8-19-22(9-15)30-27-25(19)26(32)21-12-24(35-2)20(11-23(21)31(27)17-13-29-14-17)16-5-4-6-18(10-16)36(28,33)34/h1,4-12,17,29-30H,13-14H2,2H3. The maximum absolute atomic E-state index is 13.8.